The van der Waals surface area contributed by atoms with E-state index in [1.54, 1.807) is 6.07 Å². The van der Waals surface area contributed by atoms with Gasteiger partial charge in [0.05, 0.1) is 0 Å². The Labute approximate surface area is 114 Å². The van der Waals surface area contributed by atoms with E-state index in [1.165, 1.54) is 13.0 Å². The SMILES string of the molecule is CC(C)c1nc(Cl)cc(NCC2CCN(C)C2)n1. The third kappa shape index (κ3) is 3.56. The number of hydrogen-bond donors (Lipinski definition) is 1. The van der Waals surface area contributed by atoms with E-state index in [0.717, 1.165) is 24.7 Å². The molecule has 1 N–H and O–H groups in total. The van der Waals surface area contributed by atoms with Crippen LogP contribution in [0.15, 0.2) is 6.07 Å². The van der Waals surface area contributed by atoms with Gasteiger partial charge < -0.3 is 10.2 Å². The van der Waals surface area contributed by atoms with Crippen LogP contribution in [0.1, 0.15) is 32.0 Å². The Morgan fingerprint density at radius 2 is 2.28 bits per heavy atom. The maximum absolute atomic E-state index is 6.01. The molecule has 0 aromatic carbocycles. The highest BCUT2D eigenvalue weighted by atomic mass is 35.5. The lowest BCUT2D eigenvalue weighted by Crippen LogP contribution is -2.19. The number of halogens is 1. The Morgan fingerprint density at radius 3 is 2.89 bits per heavy atom. The van der Waals surface area contributed by atoms with Crippen LogP contribution in [-0.4, -0.2) is 41.5 Å². The zero-order chi connectivity index (χ0) is 13.1. The smallest absolute Gasteiger partial charge is 0.135 e. The first-order valence-corrected chi connectivity index (χ1v) is 6.89. The Balaban J connectivity index is 1.96. The largest absolute Gasteiger partial charge is 0.370 e. The van der Waals surface area contributed by atoms with Crippen LogP contribution in [0.25, 0.3) is 0 Å². The van der Waals surface area contributed by atoms with Crippen molar-refractivity contribution in [2.75, 3.05) is 32.0 Å². The molecular formula is C13H21ClN4. The summed E-state index contributed by atoms with van der Waals surface area (Å²) in [7, 11) is 2.17. The zero-order valence-corrected chi connectivity index (χ0v) is 12.0. The predicted molar refractivity (Wildman–Crippen MR) is 75.2 cm³/mol. The summed E-state index contributed by atoms with van der Waals surface area (Å²) >= 11 is 6.01. The van der Waals surface area contributed by atoms with E-state index in [1.807, 2.05) is 0 Å². The summed E-state index contributed by atoms with van der Waals surface area (Å²) in [6.07, 6.45) is 1.25. The van der Waals surface area contributed by atoms with Gasteiger partial charge in [-0.2, -0.15) is 0 Å². The van der Waals surface area contributed by atoms with Crippen molar-refractivity contribution in [1.29, 1.82) is 0 Å². The molecule has 5 heteroatoms. The summed E-state index contributed by atoms with van der Waals surface area (Å²) in [5.74, 6) is 2.63. The highest BCUT2D eigenvalue weighted by molar-refractivity contribution is 6.29. The molecule has 0 amide bonds. The van der Waals surface area contributed by atoms with Gasteiger partial charge in [0.15, 0.2) is 0 Å². The highest BCUT2D eigenvalue weighted by Gasteiger charge is 2.19. The molecule has 0 saturated carbocycles. The molecule has 1 aliphatic rings. The molecule has 100 valence electrons. The molecule has 1 aromatic rings. The average molecular weight is 269 g/mol. The van der Waals surface area contributed by atoms with Crippen molar-refractivity contribution in [1.82, 2.24) is 14.9 Å². The lowest BCUT2D eigenvalue weighted by molar-refractivity contribution is 0.399. The number of rotatable bonds is 4. The Morgan fingerprint density at radius 1 is 1.50 bits per heavy atom. The number of nitrogens with zero attached hydrogens (tertiary/aromatic N) is 3. The Hall–Kier alpha value is -0.870. The molecule has 1 aliphatic heterocycles. The highest BCUT2D eigenvalue weighted by Crippen LogP contribution is 2.19. The van der Waals surface area contributed by atoms with Crippen molar-refractivity contribution >= 4 is 17.4 Å². The quantitative estimate of drug-likeness (QED) is 0.853. The molecule has 4 nitrogen and oxygen atoms in total. The number of anilines is 1. The van der Waals surface area contributed by atoms with Crippen LogP contribution in [0, 0.1) is 5.92 Å². The molecule has 18 heavy (non-hydrogen) atoms. The fourth-order valence-corrected chi connectivity index (χ4v) is 2.42. The third-order valence-corrected chi connectivity index (χ3v) is 3.48. The van der Waals surface area contributed by atoms with Gasteiger partial charge in [-0.25, -0.2) is 9.97 Å². The summed E-state index contributed by atoms with van der Waals surface area (Å²) in [6.45, 7) is 7.44. The van der Waals surface area contributed by atoms with Crippen LogP contribution >= 0.6 is 11.6 Å². The number of likely N-dealkylation sites (tertiary alicyclic amines) is 1. The normalized spacial score (nSPS) is 20.6. The molecule has 2 heterocycles. The van der Waals surface area contributed by atoms with Crippen LogP contribution in [0.2, 0.25) is 5.15 Å². The second kappa shape index (κ2) is 5.85. The van der Waals surface area contributed by atoms with Crippen LogP contribution in [0.5, 0.6) is 0 Å². The van der Waals surface area contributed by atoms with Crippen molar-refractivity contribution in [3.63, 3.8) is 0 Å². The van der Waals surface area contributed by atoms with E-state index in [4.69, 9.17) is 11.6 Å². The van der Waals surface area contributed by atoms with E-state index in [2.05, 4.69) is 41.1 Å². The zero-order valence-electron chi connectivity index (χ0n) is 11.3. The summed E-state index contributed by atoms with van der Waals surface area (Å²) < 4.78 is 0. The first-order chi connectivity index (χ1) is 8.54. The summed E-state index contributed by atoms with van der Waals surface area (Å²) in [6, 6.07) is 1.80. The Kier molecular flexibility index (Phi) is 4.40. The van der Waals surface area contributed by atoms with E-state index < -0.39 is 0 Å². The van der Waals surface area contributed by atoms with E-state index in [0.29, 0.717) is 17.0 Å². The van der Waals surface area contributed by atoms with Gasteiger partial charge in [-0.1, -0.05) is 25.4 Å². The predicted octanol–water partition coefficient (Wildman–Crippen LogP) is 2.62. The minimum absolute atomic E-state index is 0.293. The monoisotopic (exact) mass is 268 g/mol. The molecule has 1 aromatic heterocycles. The van der Waals surface area contributed by atoms with Crippen molar-refractivity contribution in [3.8, 4) is 0 Å². The molecule has 0 spiro atoms. The van der Waals surface area contributed by atoms with E-state index in [-0.39, 0.29) is 0 Å². The maximum Gasteiger partial charge on any atom is 0.135 e. The van der Waals surface area contributed by atoms with Crippen LogP contribution in [0.4, 0.5) is 5.82 Å². The van der Waals surface area contributed by atoms with E-state index in [9.17, 15) is 0 Å². The van der Waals surface area contributed by atoms with Gasteiger partial charge in [0.2, 0.25) is 0 Å². The first kappa shape index (κ1) is 13.6. The minimum Gasteiger partial charge on any atom is -0.370 e. The molecule has 1 fully saturated rings. The van der Waals surface area contributed by atoms with Gasteiger partial charge in [-0.15, -0.1) is 0 Å². The third-order valence-electron chi connectivity index (χ3n) is 3.29. The van der Waals surface area contributed by atoms with Crippen LogP contribution in [-0.2, 0) is 0 Å². The standard InChI is InChI=1S/C13H21ClN4/c1-9(2)13-16-11(14)6-12(17-13)15-7-10-4-5-18(3)8-10/h6,9-10H,4-5,7-8H2,1-3H3,(H,15,16,17). The average Bonchev–Trinajstić information content (AvgIpc) is 2.72. The van der Waals surface area contributed by atoms with Crippen molar-refractivity contribution in [2.24, 2.45) is 5.92 Å². The molecule has 1 saturated heterocycles. The van der Waals surface area contributed by atoms with Gasteiger partial charge in [-0.05, 0) is 25.9 Å². The van der Waals surface area contributed by atoms with Gasteiger partial charge >= 0.3 is 0 Å². The summed E-state index contributed by atoms with van der Waals surface area (Å²) in [4.78, 5) is 11.1. The van der Waals surface area contributed by atoms with E-state index >= 15 is 0 Å². The Bertz CT molecular complexity index is 408. The molecule has 2 rings (SSSR count). The second-order valence-corrected chi connectivity index (χ2v) is 5.77. The minimum atomic E-state index is 0.293. The van der Waals surface area contributed by atoms with Crippen LogP contribution in [0.3, 0.4) is 0 Å². The number of nitrogens with one attached hydrogen (secondary N) is 1. The van der Waals surface area contributed by atoms with Crippen molar-refractivity contribution in [3.05, 3.63) is 17.0 Å². The van der Waals surface area contributed by atoms with Crippen LogP contribution < -0.4 is 5.32 Å². The van der Waals surface area contributed by atoms with Crippen molar-refractivity contribution < 1.29 is 0 Å². The number of hydrogen-bond acceptors (Lipinski definition) is 4. The van der Waals surface area contributed by atoms with Gasteiger partial charge in [0.25, 0.3) is 0 Å². The summed E-state index contributed by atoms with van der Waals surface area (Å²) in [5.41, 5.74) is 0. The first-order valence-electron chi connectivity index (χ1n) is 6.51. The lowest BCUT2D eigenvalue weighted by Gasteiger charge is -2.13. The fraction of sp³-hybridized carbons (Fsp3) is 0.692. The molecule has 1 unspecified atom stereocenters. The summed E-state index contributed by atoms with van der Waals surface area (Å²) in [5, 5.41) is 3.89. The van der Waals surface area contributed by atoms with Gasteiger partial charge in [-0.3, -0.25) is 0 Å². The number of aromatic nitrogens is 2. The topological polar surface area (TPSA) is 41.1 Å². The molecule has 0 bridgehead atoms. The van der Waals surface area contributed by atoms with Crippen molar-refractivity contribution in [2.45, 2.75) is 26.2 Å². The molecule has 0 radical (unpaired) electrons. The maximum atomic E-state index is 6.01. The van der Waals surface area contributed by atoms with Gasteiger partial charge in [0, 0.05) is 25.1 Å². The molecular weight excluding hydrogens is 248 g/mol. The molecule has 1 atom stereocenters. The van der Waals surface area contributed by atoms with Gasteiger partial charge in [0.1, 0.15) is 16.8 Å². The lowest BCUT2D eigenvalue weighted by atomic mass is 10.1. The molecule has 0 aliphatic carbocycles. The second-order valence-electron chi connectivity index (χ2n) is 5.39. The fourth-order valence-electron chi connectivity index (χ4n) is 2.23.